The lowest BCUT2D eigenvalue weighted by molar-refractivity contribution is -0.148. The van der Waals surface area contributed by atoms with Gasteiger partial charge >= 0.3 is 17.6 Å². The number of aryl methyl sites for hydroxylation is 2. The van der Waals surface area contributed by atoms with Crippen LogP contribution in [-0.2, 0) is 25.5 Å². The molecule has 0 radical (unpaired) electrons. The molecule has 1 unspecified atom stereocenters. The minimum atomic E-state index is -0.789. The van der Waals surface area contributed by atoms with Crippen LogP contribution in [0.5, 0.6) is 5.75 Å². The average molecular weight is 376 g/mol. The second kappa shape index (κ2) is 8.70. The van der Waals surface area contributed by atoms with E-state index < -0.39 is 17.7 Å². The van der Waals surface area contributed by atoms with Gasteiger partial charge in [0.15, 0.2) is 6.10 Å². The summed E-state index contributed by atoms with van der Waals surface area (Å²) in [6.45, 7) is 7.18. The van der Waals surface area contributed by atoms with Crippen molar-refractivity contribution in [2.75, 3.05) is 13.7 Å². The number of hydrogen-bond donors (Lipinski definition) is 0. The van der Waals surface area contributed by atoms with Crippen molar-refractivity contribution >= 4 is 22.9 Å². The summed E-state index contributed by atoms with van der Waals surface area (Å²) in [6, 6.07) is 3.49. The van der Waals surface area contributed by atoms with Crippen LogP contribution in [0, 0.1) is 13.8 Å². The van der Waals surface area contributed by atoms with E-state index in [-0.39, 0.29) is 18.8 Å². The quantitative estimate of drug-likeness (QED) is 0.542. The maximum absolute atomic E-state index is 12.4. The lowest BCUT2D eigenvalue weighted by atomic mass is 10.0. The molecule has 2 aromatic rings. The van der Waals surface area contributed by atoms with Gasteiger partial charge in [-0.15, -0.1) is 0 Å². The van der Waals surface area contributed by atoms with Crippen LogP contribution < -0.4 is 10.4 Å². The van der Waals surface area contributed by atoms with Crippen molar-refractivity contribution in [2.45, 2.75) is 46.6 Å². The van der Waals surface area contributed by atoms with Gasteiger partial charge in [-0.1, -0.05) is 0 Å². The van der Waals surface area contributed by atoms with Gasteiger partial charge in [-0.05, 0) is 51.8 Å². The Morgan fingerprint density at radius 1 is 1.19 bits per heavy atom. The topological polar surface area (TPSA) is 92.0 Å². The predicted molar refractivity (Wildman–Crippen MR) is 99.0 cm³/mol. The van der Waals surface area contributed by atoms with E-state index in [0.29, 0.717) is 29.1 Å². The molecule has 0 spiro atoms. The third-order valence-electron chi connectivity index (χ3n) is 4.38. The highest BCUT2D eigenvalue weighted by Gasteiger charge is 2.19. The molecule has 1 aromatic carbocycles. The van der Waals surface area contributed by atoms with Gasteiger partial charge in [0.25, 0.3) is 0 Å². The van der Waals surface area contributed by atoms with Gasteiger partial charge in [0.05, 0.1) is 13.7 Å². The minimum absolute atomic E-state index is 0.113. The zero-order chi connectivity index (χ0) is 20.1. The summed E-state index contributed by atoms with van der Waals surface area (Å²) in [6.07, 6.45) is -0.427. The summed E-state index contributed by atoms with van der Waals surface area (Å²) in [5.41, 5.74) is 1.71. The molecule has 1 atom stereocenters. The minimum Gasteiger partial charge on any atom is -0.479 e. The van der Waals surface area contributed by atoms with Crippen LogP contribution >= 0.6 is 0 Å². The molecule has 0 bridgehead atoms. The first-order chi connectivity index (χ1) is 12.8. The van der Waals surface area contributed by atoms with Crippen LogP contribution in [0.2, 0.25) is 0 Å². The largest absolute Gasteiger partial charge is 0.479 e. The number of carbonyl (C=O) groups excluding carboxylic acids is 2. The third kappa shape index (κ3) is 4.48. The SMILES string of the molecule is CCOC(=O)CCc1c(C)c2ccc(OC(C)C(=O)OC)c(C)c2oc1=O. The Morgan fingerprint density at radius 2 is 1.89 bits per heavy atom. The highest BCUT2D eigenvalue weighted by molar-refractivity contribution is 5.86. The van der Waals surface area contributed by atoms with Gasteiger partial charge in [-0.25, -0.2) is 9.59 Å². The first kappa shape index (κ1) is 20.5. The normalized spacial score (nSPS) is 11.9. The molecule has 146 valence electrons. The highest BCUT2D eigenvalue weighted by Crippen LogP contribution is 2.30. The highest BCUT2D eigenvalue weighted by atomic mass is 16.6. The summed E-state index contributed by atoms with van der Waals surface area (Å²) < 4.78 is 20.7. The predicted octanol–water partition coefficient (Wildman–Crippen LogP) is 2.85. The fourth-order valence-corrected chi connectivity index (χ4v) is 2.85. The van der Waals surface area contributed by atoms with E-state index in [1.165, 1.54) is 7.11 Å². The number of hydrogen-bond acceptors (Lipinski definition) is 7. The summed E-state index contributed by atoms with van der Waals surface area (Å²) in [5.74, 6) is -0.420. The smallest absolute Gasteiger partial charge is 0.346 e. The van der Waals surface area contributed by atoms with Crippen molar-refractivity contribution in [3.63, 3.8) is 0 Å². The van der Waals surface area contributed by atoms with Gasteiger partial charge in [0.2, 0.25) is 0 Å². The Hall–Kier alpha value is -2.83. The monoisotopic (exact) mass is 376 g/mol. The summed E-state index contributed by atoms with van der Waals surface area (Å²) in [5, 5.41) is 0.754. The van der Waals surface area contributed by atoms with Gasteiger partial charge in [0.1, 0.15) is 11.3 Å². The lowest BCUT2D eigenvalue weighted by Crippen LogP contribution is -2.25. The maximum Gasteiger partial charge on any atom is 0.346 e. The molecular weight excluding hydrogens is 352 g/mol. The standard InChI is InChI=1S/C20H24O7/c1-6-25-17(21)10-8-15-11(2)14-7-9-16(26-13(4)19(22)24-5)12(3)18(14)27-20(15)23/h7,9,13H,6,8,10H2,1-5H3. The van der Waals surface area contributed by atoms with Crippen molar-refractivity contribution < 1.29 is 28.2 Å². The van der Waals surface area contributed by atoms with E-state index in [2.05, 4.69) is 4.74 Å². The van der Waals surface area contributed by atoms with Crippen molar-refractivity contribution in [3.8, 4) is 5.75 Å². The average Bonchev–Trinajstić information content (AvgIpc) is 2.63. The van der Waals surface area contributed by atoms with Crippen LogP contribution in [0.25, 0.3) is 11.0 Å². The molecule has 27 heavy (non-hydrogen) atoms. The number of ether oxygens (including phenoxy) is 3. The lowest BCUT2D eigenvalue weighted by Gasteiger charge is -2.16. The Labute approximate surface area is 157 Å². The van der Waals surface area contributed by atoms with Crippen molar-refractivity contribution in [1.29, 1.82) is 0 Å². The number of esters is 2. The first-order valence-electron chi connectivity index (χ1n) is 8.76. The van der Waals surface area contributed by atoms with Crippen molar-refractivity contribution in [1.82, 2.24) is 0 Å². The third-order valence-corrected chi connectivity index (χ3v) is 4.38. The van der Waals surface area contributed by atoms with E-state index in [1.54, 1.807) is 32.9 Å². The Bertz CT molecular complexity index is 911. The molecular formula is C20H24O7. The van der Waals surface area contributed by atoms with E-state index in [9.17, 15) is 14.4 Å². The van der Waals surface area contributed by atoms with E-state index in [4.69, 9.17) is 13.9 Å². The van der Waals surface area contributed by atoms with Crippen LogP contribution in [0.15, 0.2) is 21.3 Å². The molecule has 0 aliphatic carbocycles. The second-order valence-corrected chi connectivity index (χ2v) is 6.15. The maximum atomic E-state index is 12.4. The number of rotatable bonds is 7. The first-order valence-corrected chi connectivity index (χ1v) is 8.76. The molecule has 0 saturated heterocycles. The second-order valence-electron chi connectivity index (χ2n) is 6.15. The van der Waals surface area contributed by atoms with E-state index in [0.717, 1.165) is 10.9 Å². The van der Waals surface area contributed by atoms with Gasteiger partial charge in [-0.3, -0.25) is 4.79 Å². The van der Waals surface area contributed by atoms with Crippen LogP contribution in [0.4, 0.5) is 0 Å². The number of fused-ring (bicyclic) bond motifs is 1. The fraction of sp³-hybridized carbons (Fsp3) is 0.450. The molecule has 0 aliphatic heterocycles. The molecule has 0 aliphatic rings. The van der Waals surface area contributed by atoms with Gasteiger partial charge in [0, 0.05) is 22.9 Å². The molecule has 2 rings (SSSR count). The molecule has 1 heterocycles. The van der Waals surface area contributed by atoms with Crippen molar-refractivity contribution in [3.05, 3.63) is 39.2 Å². The number of carbonyl (C=O) groups is 2. The fourth-order valence-electron chi connectivity index (χ4n) is 2.85. The zero-order valence-electron chi connectivity index (χ0n) is 16.2. The molecule has 0 amide bonds. The molecule has 0 saturated carbocycles. The molecule has 7 nitrogen and oxygen atoms in total. The van der Waals surface area contributed by atoms with Gasteiger partial charge < -0.3 is 18.6 Å². The Morgan fingerprint density at radius 3 is 2.52 bits per heavy atom. The molecule has 7 heteroatoms. The van der Waals surface area contributed by atoms with Crippen LogP contribution in [-0.4, -0.2) is 31.8 Å². The number of benzene rings is 1. The summed E-state index contributed by atoms with van der Waals surface area (Å²) in [7, 11) is 1.29. The Kier molecular flexibility index (Phi) is 6.60. The van der Waals surface area contributed by atoms with Gasteiger partial charge in [-0.2, -0.15) is 0 Å². The summed E-state index contributed by atoms with van der Waals surface area (Å²) in [4.78, 5) is 35.6. The van der Waals surface area contributed by atoms with Crippen LogP contribution in [0.1, 0.15) is 37.0 Å². The zero-order valence-corrected chi connectivity index (χ0v) is 16.2. The van der Waals surface area contributed by atoms with Crippen molar-refractivity contribution in [2.24, 2.45) is 0 Å². The molecule has 1 aromatic heterocycles. The van der Waals surface area contributed by atoms with E-state index in [1.807, 2.05) is 6.92 Å². The Balaban J connectivity index is 2.39. The van der Waals surface area contributed by atoms with Crippen LogP contribution in [0.3, 0.4) is 0 Å². The van der Waals surface area contributed by atoms with E-state index >= 15 is 0 Å². The molecule has 0 N–H and O–H groups in total. The number of methoxy groups -OCH3 is 1. The molecule has 0 fully saturated rings. The summed E-state index contributed by atoms with van der Waals surface area (Å²) >= 11 is 0.